The van der Waals surface area contributed by atoms with Crippen molar-refractivity contribution in [1.82, 2.24) is 5.32 Å². The highest BCUT2D eigenvalue weighted by atomic mass is 16.6. The summed E-state index contributed by atoms with van der Waals surface area (Å²) in [5.41, 5.74) is 3.61. The van der Waals surface area contributed by atoms with Crippen LogP contribution in [0.2, 0.25) is 0 Å². The SMILES string of the molecule is CC(CC(N)=O)C(=O)NCC1(C(=O)OC(C)(C)C)CCOC1. The Labute approximate surface area is 130 Å². The molecule has 1 fully saturated rings. The average Bonchev–Trinajstić information content (AvgIpc) is 2.83. The first-order valence-electron chi connectivity index (χ1n) is 7.43. The lowest BCUT2D eigenvalue weighted by atomic mass is 9.86. The maximum atomic E-state index is 12.4. The normalized spacial score (nSPS) is 22.9. The lowest BCUT2D eigenvalue weighted by Crippen LogP contribution is -2.47. The zero-order valence-electron chi connectivity index (χ0n) is 13.7. The van der Waals surface area contributed by atoms with E-state index in [2.05, 4.69) is 5.32 Å². The van der Waals surface area contributed by atoms with Crippen LogP contribution in [-0.2, 0) is 23.9 Å². The van der Waals surface area contributed by atoms with Gasteiger partial charge in [-0.1, -0.05) is 6.92 Å². The van der Waals surface area contributed by atoms with Crippen molar-refractivity contribution in [2.45, 2.75) is 46.1 Å². The monoisotopic (exact) mass is 314 g/mol. The van der Waals surface area contributed by atoms with Gasteiger partial charge in [-0.05, 0) is 27.2 Å². The number of rotatable bonds is 6. The highest BCUT2D eigenvalue weighted by Gasteiger charge is 2.45. The first-order valence-corrected chi connectivity index (χ1v) is 7.43. The van der Waals surface area contributed by atoms with E-state index < -0.39 is 22.8 Å². The zero-order chi connectivity index (χ0) is 17.0. The molecule has 0 aliphatic carbocycles. The van der Waals surface area contributed by atoms with Gasteiger partial charge in [0.15, 0.2) is 0 Å². The predicted octanol–water partition coefficient (Wildman–Crippen LogP) is 0.363. The van der Waals surface area contributed by atoms with Crippen LogP contribution < -0.4 is 11.1 Å². The van der Waals surface area contributed by atoms with Gasteiger partial charge in [0, 0.05) is 25.5 Å². The van der Waals surface area contributed by atoms with Gasteiger partial charge in [-0.15, -0.1) is 0 Å². The Morgan fingerprint density at radius 2 is 2.00 bits per heavy atom. The van der Waals surface area contributed by atoms with Crippen molar-refractivity contribution in [1.29, 1.82) is 0 Å². The molecule has 7 nitrogen and oxygen atoms in total. The fraction of sp³-hybridized carbons (Fsp3) is 0.800. The molecule has 0 aromatic carbocycles. The molecule has 7 heteroatoms. The summed E-state index contributed by atoms with van der Waals surface area (Å²) in [6, 6.07) is 0. The van der Waals surface area contributed by atoms with Crippen LogP contribution in [0.5, 0.6) is 0 Å². The third-order valence-corrected chi connectivity index (χ3v) is 3.49. The van der Waals surface area contributed by atoms with Crippen LogP contribution in [0, 0.1) is 11.3 Å². The number of hydrogen-bond donors (Lipinski definition) is 2. The van der Waals surface area contributed by atoms with Gasteiger partial charge in [0.2, 0.25) is 11.8 Å². The Morgan fingerprint density at radius 3 is 2.45 bits per heavy atom. The number of nitrogens with two attached hydrogens (primary N) is 1. The van der Waals surface area contributed by atoms with E-state index in [0.29, 0.717) is 13.0 Å². The molecule has 0 saturated carbocycles. The van der Waals surface area contributed by atoms with Crippen molar-refractivity contribution in [3.8, 4) is 0 Å². The molecule has 0 aromatic rings. The molecular weight excluding hydrogens is 288 g/mol. The Balaban J connectivity index is 2.66. The molecule has 2 atom stereocenters. The lowest BCUT2D eigenvalue weighted by Gasteiger charge is -2.30. The maximum Gasteiger partial charge on any atom is 0.316 e. The van der Waals surface area contributed by atoms with Crippen LogP contribution in [0.15, 0.2) is 0 Å². The molecule has 126 valence electrons. The standard InChI is InChI=1S/C15H26N2O5/c1-10(7-11(16)18)12(19)17-8-15(5-6-21-9-15)13(20)22-14(2,3)4/h10H,5-9H2,1-4H3,(H2,16,18)(H,17,19). The number of primary amides is 1. The molecule has 0 aromatic heterocycles. The first-order chi connectivity index (χ1) is 10.1. The molecule has 2 unspecified atom stereocenters. The summed E-state index contributed by atoms with van der Waals surface area (Å²) >= 11 is 0. The Morgan fingerprint density at radius 1 is 1.36 bits per heavy atom. The summed E-state index contributed by atoms with van der Waals surface area (Å²) < 4.78 is 10.8. The fourth-order valence-electron chi connectivity index (χ4n) is 2.19. The number of nitrogens with one attached hydrogen (secondary N) is 1. The minimum absolute atomic E-state index is 0.0260. The summed E-state index contributed by atoms with van der Waals surface area (Å²) in [5.74, 6) is -1.75. The molecule has 1 heterocycles. The van der Waals surface area contributed by atoms with E-state index in [0.717, 1.165) is 0 Å². The molecule has 3 N–H and O–H groups in total. The van der Waals surface area contributed by atoms with Crippen molar-refractivity contribution in [2.75, 3.05) is 19.8 Å². The van der Waals surface area contributed by atoms with Crippen LogP contribution in [0.1, 0.15) is 40.5 Å². The fourth-order valence-corrected chi connectivity index (χ4v) is 2.19. The van der Waals surface area contributed by atoms with Gasteiger partial charge in [-0.25, -0.2) is 0 Å². The quantitative estimate of drug-likeness (QED) is 0.688. The van der Waals surface area contributed by atoms with Gasteiger partial charge in [0.05, 0.1) is 6.61 Å². The minimum atomic E-state index is -0.866. The number of ether oxygens (including phenoxy) is 2. The average molecular weight is 314 g/mol. The van der Waals surface area contributed by atoms with Gasteiger partial charge >= 0.3 is 5.97 Å². The van der Waals surface area contributed by atoms with E-state index in [1.165, 1.54) is 0 Å². The van der Waals surface area contributed by atoms with Gasteiger partial charge in [0.1, 0.15) is 11.0 Å². The van der Waals surface area contributed by atoms with Crippen molar-refractivity contribution in [2.24, 2.45) is 17.1 Å². The lowest BCUT2D eigenvalue weighted by molar-refractivity contribution is -0.167. The van der Waals surface area contributed by atoms with Gasteiger partial charge in [-0.2, -0.15) is 0 Å². The largest absolute Gasteiger partial charge is 0.459 e. The number of amides is 2. The Kier molecular flexibility index (Phi) is 5.93. The van der Waals surface area contributed by atoms with Gasteiger partial charge in [0.25, 0.3) is 0 Å². The summed E-state index contributed by atoms with van der Waals surface area (Å²) in [4.78, 5) is 35.2. The molecular formula is C15H26N2O5. The summed E-state index contributed by atoms with van der Waals surface area (Å²) in [5, 5.41) is 2.71. The third kappa shape index (κ3) is 5.29. The van der Waals surface area contributed by atoms with Crippen LogP contribution >= 0.6 is 0 Å². The van der Waals surface area contributed by atoms with Crippen molar-refractivity contribution in [3.05, 3.63) is 0 Å². The van der Waals surface area contributed by atoms with Crippen LogP contribution in [0.3, 0.4) is 0 Å². The minimum Gasteiger partial charge on any atom is -0.459 e. The second kappa shape index (κ2) is 7.09. The van der Waals surface area contributed by atoms with E-state index in [1.807, 2.05) is 0 Å². The zero-order valence-corrected chi connectivity index (χ0v) is 13.7. The first kappa shape index (κ1) is 18.4. The van der Waals surface area contributed by atoms with E-state index in [9.17, 15) is 14.4 Å². The summed E-state index contributed by atoms with van der Waals surface area (Å²) in [6.07, 6.45) is 0.466. The smallest absolute Gasteiger partial charge is 0.316 e. The molecule has 22 heavy (non-hydrogen) atoms. The van der Waals surface area contributed by atoms with Gasteiger partial charge in [-0.3, -0.25) is 14.4 Å². The molecule has 1 aliphatic rings. The highest BCUT2D eigenvalue weighted by Crippen LogP contribution is 2.31. The second-order valence-electron chi connectivity index (χ2n) is 6.87. The van der Waals surface area contributed by atoms with E-state index >= 15 is 0 Å². The van der Waals surface area contributed by atoms with Crippen LogP contribution in [-0.4, -0.2) is 43.1 Å². The number of carbonyl (C=O) groups is 3. The number of esters is 1. The molecule has 1 aliphatic heterocycles. The van der Waals surface area contributed by atoms with E-state index in [1.54, 1.807) is 27.7 Å². The number of carbonyl (C=O) groups excluding carboxylic acids is 3. The molecule has 0 radical (unpaired) electrons. The molecule has 2 amide bonds. The van der Waals surface area contributed by atoms with Crippen molar-refractivity contribution < 1.29 is 23.9 Å². The maximum absolute atomic E-state index is 12.4. The van der Waals surface area contributed by atoms with Crippen LogP contribution in [0.4, 0.5) is 0 Å². The van der Waals surface area contributed by atoms with E-state index in [4.69, 9.17) is 15.2 Å². The Hall–Kier alpha value is -1.63. The Bertz CT molecular complexity index is 436. The van der Waals surface area contributed by atoms with Crippen LogP contribution in [0.25, 0.3) is 0 Å². The second-order valence-corrected chi connectivity index (χ2v) is 6.87. The highest BCUT2D eigenvalue weighted by molar-refractivity contribution is 5.85. The van der Waals surface area contributed by atoms with Gasteiger partial charge < -0.3 is 20.5 Å². The number of hydrogen-bond acceptors (Lipinski definition) is 5. The van der Waals surface area contributed by atoms with Crippen molar-refractivity contribution in [3.63, 3.8) is 0 Å². The topological polar surface area (TPSA) is 108 Å². The molecule has 1 saturated heterocycles. The summed E-state index contributed by atoms with van der Waals surface area (Å²) in [7, 11) is 0. The van der Waals surface area contributed by atoms with Crippen molar-refractivity contribution >= 4 is 17.8 Å². The molecule has 1 rings (SSSR count). The molecule has 0 bridgehead atoms. The van der Waals surface area contributed by atoms with E-state index in [-0.39, 0.29) is 31.4 Å². The molecule has 0 spiro atoms. The third-order valence-electron chi connectivity index (χ3n) is 3.49. The summed E-state index contributed by atoms with van der Waals surface area (Å²) in [6.45, 7) is 7.79. The predicted molar refractivity (Wildman–Crippen MR) is 79.7 cm³/mol.